The topological polar surface area (TPSA) is 43.9 Å². The Morgan fingerprint density at radius 1 is 0.769 bits per heavy atom. The van der Waals surface area contributed by atoms with E-state index < -0.39 is 0 Å². The molecule has 1 saturated carbocycles. The summed E-state index contributed by atoms with van der Waals surface area (Å²) < 4.78 is 0. The van der Waals surface area contributed by atoms with Crippen LogP contribution in [0.3, 0.4) is 0 Å². The molecule has 1 amide bonds. The Hall–Kier alpha value is -0.940. The maximum atomic E-state index is 12.9. The van der Waals surface area contributed by atoms with Gasteiger partial charge in [0.05, 0.1) is 0 Å². The molecule has 26 heavy (non-hydrogen) atoms. The van der Waals surface area contributed by atoms with Crippen LogP contribution in [0, 0.1) is 17.8 Å². The van der Waals surface area contributed by atoms with E-state index in [0.29, 0.717) is 11.7 Å². The molecule has 2 heterocycles. The summed E-state index contributed by atoms with van der Waals surface area (Å²) in [5, 5.41) is 0. The lowest BCUT2D eigenvalue weighted by Gasteiger charge is -2.38. The largest absolute Gasteiger partial charge is 0.340 e. The molecule has 0 aromatic rings. The van der Waals surface area contributed by atoms with Crippen LogP contribution < -0.4 is 0 Å². The van der Waals surface area contributed by atoms with Gasteiger partial charge in [0.1, 0.15) is 5.78 Å². The highest BCUT2D eigenvalue weighted by atomic mass is 16.2. The van der Waals surface area contributed by atoms with E-state index in [2.05, 4.69) is 14.7 Å². The lowest BCUT2D eigenvalue weighted by atomic mass is 9.77. The van der Waals surface area contributed by atoms with Gasteiger partial charge in [0.25, 0.3) is 0 Å². The zero-order chi connectivity index (χ0) is 18.5. The zero-order valence-electron chi connectivity index (χ0n) is 16.8. The van der Waals surface area contributed by atoms with Crippen molar-refractivity contribution in [2.24, 2.45) is 17.8 Å². The Labute approximate surface area is 159 Å². The minimum Gasteiger partial charge on any atom is -0.340 e. The van der Waals surface area contributed by atoms with Gasteiger partial charge in [-0.3, -0.25) is 14.5 Å². The van der Waals surface area contributed by atoms with Gasteiger partial charge in [0, 0.05) is 57.0 Å². The molecule has 0 aromatic carbocycles. The van der Waals surface area contributed by atoms with E-state index in [9.17, 15) is 9.59 Å². The normalized spacial score (nSPS) is 28.7. The van der Waals surface area contributed by atoms with Crippen molar-refractivity contribution in [3.8, 4) is 0 Å². The van der Waals surface area contributed by atoms with Gasteiger partial charge < -0.3 is 9.80 Å². The number of likely N-dealkylation sites (tertiary alicyclic amines) is 1. The molecule has 0 atom stereocenters. The van der Waals surface area contributed by atoms with Crippen LogP contribution in [0.15, 0.2) is 0 Å². The van der Waals surface area contributed by atoms with Crippen molar-refractivity contribution in [2.75, 3.05) is 52.4 Å². The Morgan fingerprint density at radius 2 is 1.27 bits per heavy atom. The molecule has 1 aliphatic carbocycles. The second-order valence-corrected chi connectivity index (χ2v) is 8.82. The van der Waals surface area contributed by atoms with Gasteiger partial charge in [-0.05, 0) is 51.6 Å². The number of Topliss-reactive ketones (excluding diaryl/α,β-unsaturated/α-hetero) is 1. The van der Waals surface area contributed by atoms with E-state index >= 15 is 0 Å². The number of carbonyl (C=O) groups excluding carboxylic acids is 2. The van der Waals surface area contributed by atoms with E-state index in [1.54, 1.807) is 0 Å². The summed E-state index contributed by atoms with van der Waals surface area (Å²) in [7, 11) is 0. The van der Waals surface area contributed by atoms with Crippen LogP contribution in [-0.2, 0) is 9.59 Å². The molecule has 0 bridgehead atoms. The number of amides is 1. The summed E-state index contributed by atoms with van der Waals surface area (Å²) in [6.07, 6.45) is 6.32. The molecule has 0 aromatic heterocycles. The first-order chi connectivity index (χ1) is 12.5. The molecule has 2 aliphatic heterocycles. The molecule has 0 spiro atoms. The van der Waals surface area contributed by atoms with Crippen LogP contribution in [-0.4, -0.2) is 78.7 Å². The predicted octanol–water partition coefficient (Wildman–Crippen LogP) is 2.26. The van der Waals surface area contributed by atoms with Crippen molar-refractivity contribution in [1.82, 2.24) is 14.7 Å². The first-order valence-corrected chi connectivity index (χ1v) is 10.8. The fraction of sp³-hybridized carbons (Fsp3) is 0.905. The molecule has 3 aliphatic rings. The van der Waals surface area contributed by atoms with Gasteiger partial charge in [-0.25, -0.2) is 0 Å². The van der Waals surface area contributed by atoms with Gasteiger partial charge in [0.2, 0.25) is 5.91 Å². The van der Waals surface area contributed by atoms with Crippen LogP contribution in [0.1, 0.15) is 52.4 Å². The van der Waals surface area contributed by atoms with Crippen LogP contribution in [0.5, 0.6) is 0 Å². The SMILES string of the molecule is CC(C)C(=O)[C@H]1CC[C@H](C(=O)N2CCN(CCN3CCCC3)CC2)CC1. The van der Waals surface area contributed by atoms with E-state index in [1.165, 1.54) is 32.5 Å². The Morgan fingerprint density at radius 3 is 1.81 bits per heavy atom. The van der Waals surface area contributed by atoms with Crippen molar-refractivity contribution in [3.63, 3.8) is 0 Å². The van der Waals surface area contributed by atoms with Gasteiger partial charge in [0.15, 0.2) is 0 Å². The van der Waals surface area contributed by atoms with Gasteiger partial charge in [-0.1, -0.05) is 13.8 Å². The summed E-state index contributed by atoms with van der Waals surface area (Å²) in [5.74, 6) is 1.21. The average molecular weight is 364 g/mol. The van der Waals surface area contributed by atoms with E-state index in [1.807, 2.05) is 13.8 Å². The second-order valence-electron chi connectivity index (χ2n) is 8.82. The summed E-state index contributed by atoms with van der Waals surface area (Å²) in [4.78, 5) is 32.2. The van der Waals surface area contributed by atoms with Gasteiger partial charge >= 0.3 is 0 Å². The van der Waals surface area contributed by atoms with Crippen LogP contribution in [0.2, 0.25) is 0 Å². The number of carbonyl (C=O) groups is 2. The average Bonchev–Trinajstić information content (AvgIpc) is 3.19. The standard InChI is InChI=1S/C21H37N3O2/c1-17(2)20(25)18-5-7-19(8-6-18)21(26)24-15-13-23(14-16-24)12-11-22-9-3-4-10-22/h17-19H,3-16H2,1-2H3/t18-,19-. The highest BCUT2D eigenvalue weighted by Gasteiger charge is 2.33. The molecule has 148 valence electrons. The molecular formula is C21H37N3O2. The monoisotopic (exact) mass is 363 g/mol. The highest BCUT2D eigenvalue weighted by Crippen LogP contribution is 2.32. The lowest BCUT2D eigenvalue weighted by molar-refractivity contribution is -0.140. The van der Waals surface area contributed by atoms with Crippen LogP contribution in [0.25, 0.3) is 0 Å². The van der Waals surface area contributed by atoms with Crippen molar-refractivity contribution < 1.29 is 9.59 Å². The summed E-state index contributed by atoms with van der Waals surface area (Å²) >= 11 is 0. The zero-order valence-corrected chi connectivity index (χ0v) is 16.8. The van der Waals surface area contributed by atoms with E-state index in [4.69, 9.17) is 0 Å². The van der Waals surface area contributed by atoms with Gasteiger partial charge in [-0.2, -0.15) is 0 Å². The number of ketones is 1. The molecule has 2 saturated heterocycles. The molecule has 0 radical (unpaired) electrons. The van der Waals surface area contributed by atoms with Crippen molar-refractivity contribution in [3.05, 3.63) is 0 Å². The van der Waals surface area contributed by atoms with E-state index in [-0.39, 0.29) is 17.8 Å². The molecule has 5 heteroatoms. The summed E-state index contributed by atoms with van der Waals surface area (Å²) in [6, 6.07) is 0. The number of nitrogens with zero attached hydrogens (tertiary/aromatic N) is 3. The molecule has 0 N–H and O–H groups in total. The van der Waals surface area contributed by atoms with Gasteiger partial charge in [-0.15, -0.1) is 0 Å². The minimum atomic E-state index is 0.126. The van der Waals surface area contributed by atoms with Crippen molar-refractivity contribution in [1.29, 1.82) is 0 Å². The first-order valence-electron chi connectivity index (χ1n) is 10.8. The third kappa shape index (κ3) is 5.07. The smallest absolute Gasteiger partial charge is 0.225 e. The fourth-order valence-electron chi connectivity index (χ4n) is 4.84. The number of piperazine rings is 1. The summed E-state index contributed by atoms with van der Waals surface area (Å²) in [6.45, 7) is 12.6. The van der Waals surface area contributed by atoms with Crippen LogP contribution >= 0.6 is 0 Å². The third-order valence-corrected chi connectivity index (χ3v) is 6.66. The third-order valence-electron chi connectivity index (χ3n) is 6.66. The van der Waals surface area contributed by atoms with Crippen molar-refractivity contribution >= 4 is 11.7 Å². The minimum absolute atomic E-state index is 0.126. The van der Waals surface area contributed by atoms with Crippen molar-refractivity contribution in [2.45, 2.75) is 52.4 Å². The van der Waals surface area contributed by atoms with Crippen LogP contribution in [0.4, 0.5) is 0 Å². The second kappa shape index (κ2) is 9.32. The molecular weight excluding hydrogens is 326 g/mol. The highest BCUT2D eigenvalue weighted by molar-refractivity contribution is 5.83. The number of hydrogen-bond donors (Lipinski definition) is 0. The number of rotatable bonds is 6. The number of hydrogen-bond acceptors (Lipinski definition) is 4. The quantitative estimate of drug-likeness (QED) is 0.726. The maximum Gasteiger partial charge on any atom is 0.225 e. The molecule has 3 rings (SSSR count). The molecule has 3 fully saturated rings. The molecule has 5 nitrogen and oxygen atoms in total. The Balaban J connectivity index is 1.36. The fourth-order valence-corrected chi connectivity index (χ4v) is 4.84. The Bertz CT molecular complexity index is 472. The maximum absolute atomic E-state index is 12.9. The summed E-state index contributed by atoms with van der Waals surface area (Å²) in [5.41, 5.74) is 0. The lowest BCUT2D eigenvalue weighted by Crippen LogP contribution is -2.51. The Kier molecular flexibility index (Phi) is 7.10. The molecule has 0 unspecified atom stereocenters. The first kappa shape index (κ1) is 19.8. The van der Waals surface area contributed by atoms with E-state index in [0.717, 1.165) is 58.4 Å². The predicted molar refractivity (Wildman–Crippen MR) is 104 cm³/mol.